The number of aliphatic hydroxyl groups excluding tert-OH is 1. The first-order valence-corrected chi connectivity index (χ1v) is 6.04. The highest BCUT2D eigenvalue weighted by atomic mass is 79.9. The minimum Gasteiger partial charge on any atom is -0.394 e. The van der Waals surface area contributed by atoms with Crippen LogP contribution in [0.2, 0.25) is 0 Å². The van der Waals surface area contributed by atoms with Crippen molar-refractivity contribution in [2.24, 2.45) is 5.73 Å². The monoisotopic (exact) mass is 296 g/mol. The Hall–Kier alpha value is -1.24. The summed E-state index contributed by atoms with van der Waals surface area (Å²) in [5.74, 6) is 0. The van der Waals surface area contributed by atoms with Crippen LogP contribution < -0.4 is 5.73 Å². The number of aliphatic hydroxyl groups is 1. The first-order chi connectivity index (χ1) is 8.26. The molecular formula is C11H13BrN4O. The molecular weight excluding hydrogens is 284 g/mol. The molecule has 6 heteroatoms. The predicted octanol–water partition coefficient (Wildman–Crippen LogP) is 1.16. The van der Waals surface area contributed by atoms with E-state index < -0.39 is 0 Å². The van der Waals surface area contributed by atoms with Crippen LogP contribution in [-0.2, 0) is 13.1 Å². The highest BCUT2D eigenvalue weighted by Crippen LogP contribution is 2.24. The van der Waals surface area contributed by atoms with Crippen molar-refractivity contribution in [3.8, 4) is 11.3 Å². The van der Waals surface area contributed by atoms with Crippen molar-refractivity contribution in [1.82, 2.24) is 15.0 Å². The van der Waals surface area contributed by atoms with Crippen molar-refractivity contribution < 1.29 is 5.11 Å². The number of rotatable bonds is 4. The van der Waals surface area contributed by atoms with Crippen LogP contribution in [0.4, 0.5) is 0 Å². The van der Waals surface area contributed by atoms with Crippen LogP contribution in [0.15, 0.2) is 28.7 Å². The molecule has 0 unspecified atom stereocenters. The average Bonchev–Trinajstić information content (AvgIpc) is 2.72. The van der Waals surface area contributed by atoms with E-state index in [2.05, 4.69) is 26.2 Å². The summed E-state index contributed by atoms with van der Waals surface area (Å²) in [5.41, 5.74) is 8.23. The van der Waals surface area contributed by atoms with Gasteiger partial charge in [-0.1, -0.05) is 33.3 Å². The average molecular weight is 297 g/mol. The SMILES string of the molecule is NCc1nnn(CCO)c1-c1cccc(Br)c1. The van der Waals surface area contributed by atoms with Crippen molar-refractivity contribution in [2.45, 2.75) is 13.1 Å². The summed E-state index contributed by atoms with van der Waals surface area (Å²) in [6.07, 6.45) is 0. The summed E-state index contributed by atoms with van der Waals surface area (Å²) in [5, 5.41) is 17.0. The maximum Gasteiger partial charge on any atom is 0.104 e. The van der Waals surface area contributed by atoms with E-state index in [0.29, 0.717) is 13.1 Å². The van der Waals surface area contributed by atoms with Gasteiger partial charge in [0.2, 0.25) is 0 Å². The molecule has 0 aliphatic heterocycles. The molecule has 0 saturated heterocycles. The molecule has 2 aromatic rings. The minimum atomic E-state index is 0.0222. The van der Waals surface area contributed by atoms with Gasteiger partial charge in [0.1, 0.15) is 5.69 Å². The molecule has 0 aliphatic carbocycles. The summed E-state index contributed by atoms with van der Waals surface area (Å²) in [6.45, 7) is 0.760. The van der Waals surface area contributed by atoms with E-state index in [1.807, 2.05) is 24.3 Å². The summed E-state index contributed by atoms with van der Waals surface area (Å²) >= 11 is 3.43. The van der Waals surface area contributed by atoms with E-state index in [1.54, 1.807) is 4.68 Å². The van der Waals surface area contributed by atoms with Crippen molar-refractivity contribution in [2.75, 3.05) is 6.61 Å². The fourth-order valence-corrected chi connectivity index (χ4v) is 2.09. The zero-order valence-corrected chi connectivity index (χ0v) is 10.8. The standard InChI is InChI=1S/C11H13BrN4O/c12-9-3-1-2-8(6-9)11-10(7-13)14-15-16(11)4-5-17/h1-3,6,17H,4-5,7,13H2. The normalized spacial score (nSPS) is 10.8. The van der Waals surface area contributed by atoms with Crippen molar-refractivity contribution in [3.05, 3.63) is 34.4 Å². The van der Waals surface area contributed by atoms with E-state index in [4.69, 9.17) is 10.8 Å². The Kier molecular flexibility index (Phi) is 3.88. The van der Waals surface area contributed by atoms with Crippen LogP contribution in [0.25, 0.3) is 11.3 Å². The van der Waals surface area contributed by atoms with Gasteiger partial charge < -0.3 is 10.8 Å². The molecule has 1 aromatic heterocycles. The molecule has 0 aliphatic rings. The molecule has 5 nitrogen and oxygen atoms in total. The van der Waals surface area contributed by atoms with Gasteiger partial charge in [-0.25, -0.2) is 4.68 Å². The van der Waals surface area contributed by atoms with Crippen LogP contribution in [-0.4, -0.2) is 26.7 Å². The molecule has 3 N–H and O–H groups in total. The lowest BCUT2D eigenvalue weighted by molar-refractivity contribution is 0.269. The fourth-order valence-electron chi connectivity index (χ4n) is 1.69. The molecule has 1 heterocycles. The number of nitrogens with two attached hydrogens (primary N) is 1. The first-order valence-electron chi connectivity index (χ1n) is 5.25. The van der Waals surface area contributed by atoms with Gasteiger partial charge >= 0.3 is 0 Å². The van der Waals surface area contributed by atoms with Gasteiger partial charge in [0.15, 0.2) is 0 Å². The second-order valence-electron chi connectivity index (χ2n) is 3.55. The predicted molar refractivity (Wildman–Crippen MR) is 68.1 cm³/mol. The fraction of sp³-hybridized carbons (Fsp3) is 0.273. The number of benzene rings is 1. The Balaban J connectivity index is 2.51. The lowest BCUT2D eigenvalue weighted by atomic mass is 10.1. The zero-order chi connectivity index (χ0) is 12.3. The van der Waals surface area contributed by atoms with Gasteiger partial charge in [0.05, 0.1) is 18.8 Å². The third-order valence-corrected chi connectivity index (χ3v) is 2.90. The minimum absolute atomic E-state index is 0.0222. The number of halogens is 1. The molecule has 0 spiro atoms. The molecule has 0 saturated carbocycles. The molecule has 0 atom stereocenters. The summed E-state index contributed by atoms with van der Waals surface area (Å²) < 4.78 is 2.65. The lowest BCUT2D eigenvalue weighted by Gasteiger charge is -2.06. The van der Waals surface area contributed by atoms with E-state index in [1.165, 1.54) is 0 Å². The number of nitrogens with zero attached hydrogens (tertiary/aromatic N) is 3. The lowest BCUT2D eigenvalue weighted by Crippen LogP contribution is -2.07. The molecule has 1 aromatic carbocycles. The maximum absolute atomic E-state index is 9.00. The molecule has 0 bridgehead atoms. The summed E-state index contributed by atoms with van der Waals surface area (Å²) in [6, 6.07) is 7.84. The van der Waals surface area contributed by atoms with E-state index in [-0.39, 0.29) is 6.61 Å². The van der Waals surface area contributed by atoms with Gasteiger partial charge in [0.25, 0.3) is 0 Å². The second-order valence-corrected chi connectivity index (χ2v) is 4.46. The van der Waals surface area contributed by atoms with Crippen LogP contribution in [0.1, 0.15) is 5.69 Å². The summed E-state index contributed by atoms with van der Waals surface area (Å²) in [7, 11) is 0. The highest BCUT2D eigenvalue weighted by Gasteiger charge is 2.13. The van der Waals surface area contributed by atoms with Crippen molar-refractivity contribution in [1.29, 1.82) is 0 Å². The molecule has 0 fully saturated rings. The Bertz CT molecular complexity index is 512. The molecule has 2 rings (SSSR count). The van der Waals surface area contributed by atoms with Gasteiger partial charge in [-0.2, -0.15) is 0 Å². The molecule has 0 amide bonds. The Morgan fingerprint density at radius 1 is 1.41 bits per heavy atom. The first kappa shape index (κ1) is 12.2. The van der Waals surface area contributed by atoms with Crippen LogP contribution in [0.5, 0.6) is 0 Å². The van der Waals surface area contributed by atoms with Gasteiger partial charge in [-0.05, 0) is 12.1 Å². The topological polar surface area (TPSA) is 77.0 Å². The second kappa shape index (κ2) is 5.39. The third kappa shape index (κ3) is 2.54. The van der Waals surface area contributed by atoms with Crippen molar-refractivity contribution in [3.63, 3.8) is 0 Å². The van der Waals surface area contributed by atoms with Crippen LogP contribution in [0.3, 0.4) is 0 Å². The third-order valence-electron chi connectivity index (χ3n) is 2.41. The molecule has 0 radical (unpaired) electrons. The zero-order valence-electron chi connectivity index (χ0n) is 9.17. The van der Waals surface area contributed by atoms with Crippen LogP contribution >= 0.6 is 15.9 Å². The van der Waals surface area contributed by atoms with Gasteiger partial charge in [0, 0.05) is 16.6 Å². The number of aromatic nitrogens is 3. The van der Waals surface area contributed by atoms with Gasteiger partial charge in [-0.3, -0.25) is 0 Å². The maximum atomic E-state index is 9.00. The quantitative estimate of drug-likeness (QED) is 0.888. The highest BCUT2D eigenvalue weighted by molar-refractivity contribution is 9.10. The van der Waals surface area contributed by atoms with Crippen molar-refractivity contribution >= 4 is 15.9 Å². The van der Waals surface area contributed by atoms with E-state index in [0.717, 1.165) is 21.4 Å². The molecule has 90 valence electrons. The van der Waals surface area contributed by atoms with E-state index in [9.17, 15) is 0 Å². The number of hydrogen-bond donors (Lipinski definition) is 2. The Labute approximate surface area is 107 Å². The van der Waals surface area contributed by atoms with E-state index >= 15 is 0 Å². The molecule has 17 heavy (non-hydrogen) atoms. The summed E-state index contributed by atoms with van der Waals surface area (Å²) in [4.78, 5) is 0. The Morgan fingerprint density at radius 3 is 2.88 bits per heavy atom. The number of hydrogen-bond acceptors (Lipinski definition) is 4. The Morgan fingerprint density at radius 2 is 2.24 bits per heavy atom. The van der Waals surface area contributed by atoms with Crippen LogP contribution in [0, 0.1) is 0 Å². The largest absolute Gasteiger partial charge is 0.394 e. The van der Waals surface area contributed by atoms with Gasteiger partial charge in [-0.15, -0.1) is 5.10 Å². The smallest absolute Gasteiger partial charge is 0.104 e.